The van der Waals surface area contributed by atoms with Gasteiger partial charge in [0.25, 0.3) is 0 Å². The third-order valence-electron chi connectivity index (χ3n) is 2.98. The minimum atomic E-state index is -0.850. The van der Waals surface area contributed by atoms with Crippen LogP contribution in [0.2, 0.25) is 0 Å². The molecule has 0 spiro atoms. The lowest BCUT2D eigenvalue weighted by Gasteiger charge is -2.33. The van der Waals surface area contributed by atoms with Gasteiger partial charge in [-0.3, -0.25) is 11.3 Å². The lowest BCUT2D eigenvalue weighted by molar-refractivity contribution is -0.0381. The molecule has 1 rings (SSSR count). The maximum atomic E-state index is 13.1. The normalized spacial score (nSPS) is 13.7. The fourth-order valence-corrected chi connectivity index (χ4v) is 1.88. The maximum absolute atomic E-state index is 13.1. The van der Waals surface area contributed by atoms with E-state index in [-0.39, 0.29) is 6.04 Å². The average molecular weight is 258 g/mol. The Morgan fingerprint density at radius 3 is 2.50 bits per heavy atom. The van der Waals surface area contributed by atoms with Crippen molar-refractivity contribution in [1.82, 2.24) is 5.43 Å². The molecule has 1 unspecified atom stereocenters. The minimum absolute atomic E-state index is 0.192. The number of ether oxygens (including phenoxy) is 1. The highest BCUT2D eigenvalue weighted by atomic mass is 19.2. The molecule has 0 aliphatic rings. The van der Waals surface area contributed by atoms with Crippen molar-refractivity contribution in [2.45, 2.75) is 38.8 Å². The van der Waals surface area contributed by atoms with Gasteiger partial charge < -0.3 is 4.74 Å². The molecule has 1 atom stereocenters. The van der Waals surface area contributed by atoms with Crippen LogP contribution in [0.5, 0.6) is 0 Å². The second-order valence-corrected chi connectivity index (χ2v) is 4.71. The van der Waals surface area contributed by atoms with Crippen LogP contribution in [0.15, 0.2) is 18.2 Å². The van der Waals surface area contributed by atoms with Crippen molar-refractivity contribution in [2.24, 2.45) is 5.84 Å². The maximum Gasteiger partial charge on any atom is 0.159 e. The van der Waals surface area contributed by atoms with Crippen molar-refractivity contribution in [1.29, 1.82) is 0 Å². The minimum Gasteiger partial charge on any atom is -0.374 e. The van der Waals surface area contributed by atoms with Gasteiger partial charge in [0.15, 0.2) is 11.6 Å². The lowest BCUT2D eigenvalue weighted by atomic mass is 9.92. The molecule has 0 aromatic heterocycles. The Balaban J connectivity index is 2.82. The summed E-state index contributed by atoms with van der Waals surface area (Å²) in [5.41, 5.74) is 2.85. The van der Waals surface area contributed by atoms with Gasteiger partial charge in [0, 0.05) is 6.61 Å². The molecule has 0 bridgehead atoms. The monoisotopic (exact) mass is 258 g/mol. The molecule has 3 nitrogen and oxygen atoms in total. The van der Waals surface area contributed by atoms with E-state index in [1.807, 2.05) is 20.8 Å². The zero-order valence-electron chi connectivity index (χ0n) is 11.0. The Morgan fingerprint density at radius 2 is 2.00 bits per heavy atom. The molecular weight excluding hydrogens is 238 g/mol. The van der Waals surface area contributed by atoms with E-state index in [0.29, 0.717) is 18.6 Å². The Labute approximate surface area is 106 Å². The number of hydrazine groups is 1. The van der Waals surface area contributed by atoms with Gasteiger partial charge in [0.05, 0.1) is 11.6 Å². The summed E-state index contributed by atoms with van der Waals surface area (Å²) >= 11 is 0. The molecule has 18 heavy (non-hydrogen) atoms. The number of nitrogens with two attached hydrogens (primary N) is 1. The predicted octanol–water partition coefficient (Wildman–Crippen LogP) is 2.15. The third-order valence-corrected chi connectivity index (χ3v) is 2.98. The van der Waals surface area contributed by atoms with Crippen LogP contribution in [0.3, 0.4) is 0 Å². The van der Waals surface area contributed by atoms with Crippen LogP contribution in [-0.4, -0.2) is 18.2 Å². The highest BCUT2D eigenvalue weighted by molar-refractivity contribution is 5.19. The Kier molecular flexibility index (Phi) is 5.19. The molecule has 5 heteroatoms. The average Bonchev–Trinajstić information content (AvgIpc) is 2.30. The van der Waals surface area contributed by atoms with Crippen LogP contribution in [0.25, 0.3) is 0 Å². The standard InChI is InChI=1S/C13H20F2N2O/c1-4-18-13(2,3)12(17-16)8-9-5-6-10(14)11(15)7-9/h5-7,12,17H,4,8,16H2,1-3H3. The molecule has 0 heterocycles. The highest BCUT2D eigenvalue weighted by Crippen LogP contribution is 2.19. The summed E-state index contributed by atoms with van der Waals surface area (Å²) < 4.78 is 31.6. The number of hydrogen-bond donors (Lipinski definition) is 2. The molecule has 0 aliphatic heterocycles. The van der Waals surface area contributed by atoms with Crippen LogP contribution in [0.4, 0.5) is 8.78 Å². The van der Waals surface area contributed by atoms with Crippen LogP contribution in [0.1, 0.15) is 26.3 Å². The number of hydrogen-bond acceptors (Lipinski definition) is 3. The fourth-order valence-electron chi connectivity index (χ4n) is 1.88. The van der Waals surface area contributed by atoms with E-state index in [4.69, 9.17) is 10.6 Å². The van der Waals surface area contributed by atoms with Crippen LogP contribution in [0, 0.1) is 11.6 Å². The molecule has 102 valence electrons. The number of halogens is 2. The highest BCUT2D eigenvalue weighted by Gasteiger charge is 2.29. The van der Waals surface area contributed by atoms with E-state index in [2.05, 4.69) is 5.43 Å². The van der Waals surface area contributed by atoms with Gasteiger partial charge >= 0.3 is 0 Å². The first kappa shape index (κ1) is 15.0. The van der Waals surface area contributed by atoms with Crippen molar-refractivity contribution < 1.29 is 13.5 Å². The fraction of sp³-hybridized carbons (Fsp3) is 0.538. The molecule has 1 aromatic rings. The first-order valence-corrected chi connectivity index (χ1v) is 5.94. The van der Waals surface area contributed by atoms with E-state index in [1.165, 1.54) is 6.07 Å². The molecular formula is C13H20F2N2O. The number of benzene rings is 1. The largest absolute Gasteiger partial charge is 0.374 e. The van der Waals surface area contributed by atoms with Gasteiger partial charge in [-0.15, -0.1) is 0 Å². The lowest BCUT2D eigenvalue weighted by Crippen LogP contribution is -2.52. The molecule has 0 aliphatic carbocycles. The summed E-state index contributed by atoms with van der Waals surface area (Å²) in [5, 5.41) is 0. The predicted molar refractivity (Wildman–Crippen MR) is 66.9 cm³/mol. The van der Waals surface area contributed by atoms with Crippen molar-refractivity contribution in [2.75, 3.05) is 6.61 Å². The molecule has 0 saturated carbocycles. The number of nitrogens with one attached hydrogen (secondary N) is 1. The second-order valence-electron chi connectivity index (χ2n) is 4.71. The molecule has 1 aromatic carbocycles. The van der Waals surface area contributed by atoms with Crippen LogP contribution in [-0.2, 0) is 11.2 Å². The topological polar surface area (TPSA) is 47.3 Å². The Hall–Kier alpha value is -1.04. The van der Waals surface area contributed by atoms with Gasteiger partial charge in [0.1, 0.15) is 0 Å². The van der Waals surface area contributed by atoms with E-state index in [0.717, 1.165) is 6.07 Å². The second kappa shape index (κ2) is 6.22. The van der Waals surface area contributed by atoms with Gasteiger partial charge in [-0.25, -0.2) is 8.78 Å². The third kappa shape index (κ3) is 3.73. The van der Waals surface area contributed by atoms with E-state index in [9.17, 15) is 8.78 Å². The number of rotatable bonds is 6. The summed E-state index contributed by atoms with van der Waals surface area (Å²) in [4.78, 5) is 0. The zero-order valence-corrected chi connectivity index (χ0v) is 11.0. The van der Waals surface area contributed by atoms with Gasteiger partial charge in [-0.05, 0) is 44.9 Å². The summed E-state index contributed by atoms with van der Waals surface area (Å²) in [5.74, 6) is 3.81. The molecule has 0 fully saturated rings. The van der Waals surface area contributed by atoms with Crippen molar-refractivity contribution in [3.8, 4) is 0 Å². The molecule has 3 N–H and O–H groups in total. The SMILES string of the molecule is CCOC(C)(C)C(Cc1ccc(F)c(F)c1)NN. The molecule has 0 amide bonds. The first-order chi connectivity index (χ1) is 8.40. The van der Waals surface area contributed by atoms with Gasteiger partial charge in [-0.2, -0.15) is 0 Å². The van der Waals surface area contributed by atoms with Gasteiger partial charge in [-0.1, -0.05) is 6.07 Å². The smallest absolute Gasteiger partial charge is 0.159 e. The van der Waals surface area contributed by atoms with E-state index < -0.39 is 17.2 Å². The molecule has 0 saturated heterocycles. The Bertz CT molecular complexity index is 397. The summed E-state index contributed by atoms with van der Waals surface area (Å²) in [7, 11) is 0. The Morgan fingerprint density at radius 1 is 1.33 bits per heavy atom. The van der Waals surface area contributed by atoms with Gasteiger partial charge in [0.2, 0.25) is 0 Å². The zero-order chi connectivity index (χ0) is 13.8. The quantitative estimate of drug-likeness (QED) is 0.607. The van der Waals surface area contributed by atoms with Crippen LogP contribution < -0.4 is 11.3 Å². The summed E-state index contributed by atoms with van der Waals surface area (Å²) in [6.45, 7) is 6.26. The van der Waals surface area contributed by atoms with E-state index >= 15 is 0 Å². The summed E-state index contributed by atoms with van der Waals surface area (Å²) in [6, 6.07) is 3.65. The van der Waals surface area contributed by atoms with Crippen molar-refractivity contribution >= 4 is 0 Å². The molecule has 0 radical (unpaired) electrons. The first-order valence-electron chi connectivity index (χ1n) is 5.94. The van der Waals surface area contributed by atoms with Crippen LogP contribution >= 0.6 is 0 Å². The van der Waals surface area contributed by atoms with Crippen molar-refractivity contribution in [3.63, 3.8) is 0 Å². The van der Waals surface area contributed by atoms with E-state index in [1.54, 1.807) is 6.07 Å². The summed E-state index contributed by atoms with van der Waals surface area (Å²) in [6.07, 6.45) is 0.459. The van der Waals surface area contributed by atoms with Crippen molar-refractivity contribution in [3.05, 3.63) is 35.4 Å².